The average molecular weight is 311 g/mol. The Balaban J connectivity index is 2.31. The molecule has 1 saturated heterocycles. The molecule has 6 nitrogen and oxygen atoms in total. The maximum absolute atomic E-state index is 5.50. The Morgan fingerprint density at radius 2 is 1.58 bits per heavy atom. The summed E-state index contributed by atoms with van der Waals surface area (Å²) in [5, 5.41) is 3.74. The van der Waals surface area contributed by atoms with Crippen molar-refractivity contribution >= 4 is 28.5 Å². The van der Waals surface area contributed by atoms with Crippen molar-refractivity contribution in [1.29, 1.82) is 0 Å². The number of rotatable bonds is 0. The van der Waals surface area contributed by atoms with Crippen LogP contribution in [0.4, 0.5) is 0 Å². The first-order valence-electron chi connectivity index (χ1n) is 6.36. The maximum Gasteiger partial charge on any atom is 0.243 e. The van der Waals surface area contributed by atoms with Crippen LogP contribution >= 0.6 is 24.2 Å². The van der Waals surface area contributed by atoms with Gasteiger partial charge in [0.15, 0.2) is 4.32 Å². The van der Waals surface area contributed by atoms with Gasteiger partial charge in [0.2, 0.25) is 13.2 Å². The summed E-state index contributed by atoms with van der Waals surface area (Å²) < 4.78 is 22.5. The van der Waals surface area contributed by atoms with Crippen molar-refractivity contribution in [2.45, 2.75) is 0 Å². The molecule has 0 atom stereocenters. The molecule has 8 heteroatoms. The molecule has 1 fully saturated rings. The molecule has 1 heterocycles. The highest BCUT2D eigenvalue weighted by atomic mass is 32.2. The predicted octanol–water partition coefficient (Wildman–Crippen LogP) is -0.457. The lowest BCUT2D eigenvalue weighted by Crippen LogP contribution is -2.45. The second-order valence-electron chi connectivity index (χ2n) is 3.85. The van der Waals surface area contributed by atoms with Crippen LogP contribution in [0.2, 0.25) is 0 Å². The molecule has 0 aromatic heterocycles. The summed E-state index contributed by atoms with van der Waals surface area (Å²) in [7, 11) is 0. The molecular formula is C11H23N2O4S2+2. The van der Waals surface area contributed by atoms with Gasteiger partial charge >= 0.3 is 0 Å². The first-order chi connectivity index (χ1) is 9.34. The Bertz CT molecular complexity index is 231. The van der Waals surface area contributed by atoms with Gasteiger partial charge in [0.25, 0.3) is 0 Å². The Kier molecular flexibility index (Phi) is 10.6. The number of nitrogens with zero attached hydrogens (tertiary/aromatic N) is 1. The highest BCUT2D eigenvalue weighted by molar-refractivity contribution is 8.18. The van der Waals surface area contributed by atoms with E-state index in [4.69, 9.17) is 31.2 Å². The summed E-state index contributed by atoms with van der Waals surface area (Å²) in [6, 6.07) is 0. The van der Waals surface area contributed by atoms with Crippen LogP contribution in [0.1, 0.15) is 0 Å². The van der Waals surface area contributed by atoms with Crippen molar-refractivity contribution < 1.29 is 24.1 Å². The van der Waals surface area contributed by atoms with Crippen LogP contribution < -0.4 is 5.14 Å². The van der Waals surface area contributed by atoms with Gasteiger partial charge < -0.3 is 19.1 Å². The van der Waals surface area contributed by atoms with E-state index in [2.05, 4.69) is 5.14 Å². The normalized spacial score (nSPS) is 21.4. The van der Waals surface area contributed by atoms with E-state index in [0.29, 0.717) is 52.9 Å². The smallest absolute Gasteiger partial charge is 0.243 e. The van der Waals surface area contributed by atoms with Gasteiger partial charge in [0, 0.05) is 6.54 Å². The van der Waals surface area contributed by atoms with Crippen molar-refractivity contribution in [2.24, 2.45) is 0 Å². The molecular weight excluding hydrogens is 288 g/mol. The molecule has 1 aliphatic rings. The van der Waals surface area contributed by atoms with Crippen molar-refractivity contribution in [2.75, 3.05) is 65.9 Å². The molecule has 0 amide bonds. The van der Waals surface area contributed by atoms with E-state index in [1.165, 1.54) is 11.9 Å². The quantitative estimate of drug-likeness (QED) is 0.369. The molecule has 1 radical (unpaired) electrons. The molecule has 0 saturated carbocycles. The summed E-state index contributed by atoms with van der Waals surface area (Å²) in [4.78, 5) is 2.05. The van der Waals surface area contributed by atoms with Crippen LogP contribution in [0.15, 0.2) is 0 Å². The van der Waals surface area contributed by atoms with Crippen molar-refractivity contribution in [1.82, 2.24) is 4.90 Å². The van der Waals surface area contributed by atoms with Gasteiger partial charge in [-0.25, -0.2) is 0 Å². The Labute approximate surface area is 124 Å². The van der Waals surface area contributed by atoms with Gasteiger partial charge in [0.05, 0.1) is 39.6 Å². The fourth-order valence-corrected chi connectivity index (χ4v) is 2.04. The van der Waals surface area contributed by atoms with E-state index in [0.717, 1.165) is 17.4 Å². The fourth-order valence-electron chi connectivity index (χ4n) is 1.50. The Morgan fingerprint density at radius 3 is 2.26 bits per heavy atom. The number of hydrogen-bond donors (Lipinski definition) is 1. The van der Waals surface area contributed by atoms with Gasteiger partial charge in [0.1, 0.15) is 18.6 Å². The third kappa shape index (κ3) is 8.74. The fraction of sp³-hybridized carbons (Fsp3) is 0.909. The lowest BCUT2D eigenvalue weighted by molar-refractivity contribution is -0.134. The van der Waals surface area contributed by atoms with Gasteiger partial charge in [-0.3, -0.25) is 5.14 Å². The van der Waals surface area contributed by atoms with Crippen molar-refractivity contribution in [3.63, 3.8) is 0 Å². The van der Waals surface area contributed by atoms with E-state index >= 15 is 0 Å². The van der Waals surface area contributed by atoms with Gasteiger partial charge in [-0.2, -0.15) is 0 Å². The zero-order valence-corrected chi connectivity index (χ0v) is 12.8. The third-order valence-corrected chi connectivity index (χ3v) is 3.63. The minimum Gasteiger partial charge on any atom is -0.377 e. The summed E-state index contributed by atoms with van der Waals surface area (Å²) in [6.07, 6.45) is 0. The molecule has 0 aromatic carbocycles. The van der Waals surface area contributed by atoms with E-state index < -0.39 is 0 Å². The molecule has 0 unspecified atom stereocenters. The highest BCUT2D eigenvalue weighted by Gasteiger charge is 2.14. The second-order valence-corrected chi connectivity index (χ2v) is 5.17. The SMILES string of the molecule is [NH3+]SC(=S)N1CCOCCOCCOCC[O+]CC1. The predicted molar refractivity (Wildman–Crippen MR) is 77.9 cm³/mol. The van der Waals surface area contributed by atoms with Crippen molar-refractivity contribution in [3.8, 4) is 0 Å². The van der Waals surface area contributed by atoms with E-state index in [1.807, 2.05) is 4.90 Å². The number of quaternary nitrogens is 1. The van der Waals surface area contributed by atoms with Crippen LogP contribution in [0.3, 0.4) is 0 Å². The molecule has 1 rings (SSSR count). The van der Waals surface area contributed by atoms with Crippen LogP contribution in [0, 0.1) is 0 Å². The monoisotopic (exact) mass is 311 g/mol. The molecule has 1 aliphatic heterocycles. The number of ether oxygens (including phenoxy) is 4. The standard InChI is InChI=1S/C11H22N2O4S2/c12-19-11(18)13-1-3-14-5-7-16-9-10-17-8-6-15-4-2-13/h1-10,12H2/q+1/p+1. The maximum atomic E-state index is 5.50. The minimum absolute atomic E-state index is 0.592. The largest absolute Gasteiger partial charge is 0.377 e. The first kappa shape index (κ1) is 17.1. The summed E-state index contributed by atoms with van der Waals surface area (Å²) >= 11 is 6.58. The summed E-state index contributed by atoms with van der Waals surface area (Å²) in [5.74, 6) is 0. The topological polar surface area (TPSA) is 69.9 Å². The minimum atomic E-state index is 0.592. The summed E-state index contributed by atoms with van der Waals surface area (Å²) in [5.41, 5.74) is 0. The first-order valence-corrected chi connectivity index (χ1v) is 7.76. The number of thiocarbonyl (C=S) groups is 1. The lowest BCUT2D eigenvalue weighted by Gasteiger charge is -2.19. The van der Waals surface area contributed by atoms with E-state index in [1.54, 1.807) is 0 Å². The van der Waals surface area contributed by atoms with Gasteiger partial charge in [-0.15, -0.1) is 4.74 Å². The molecule has 0 aliphatic carbocycles. The third-order valence-electron chi connectivity index (χ3n) is 2.51. The van der Waals surface area contributed by atoms with E-state index in [9.17, 15) is 0 Å². The Hall–Kier alpha value is 0.0400. The Morgan fingerprint density at radius 1 is 0.947 bits per heavy atom. The second kappa shape index (κ2) is 11.8. The molecule has 111 valence electrons. The average Bonchev–Trinajstić information content (AvgIpc) is 2.44. The van der Waals surface area contributed by atoms with Crippen LogP contribution in [0.5, 0.6) is 0 Å². The number of hydrogen-bond acceptors (Lipinski definition) is 6. The molecule has 0 bridgehead atoms. The van der Waals surface area contributed by atoms with E-state index in [-0.39, 0.29) is 0 Å². The molecule has 0 aromatic rings. The van der Waals surface area contributed by atoms with Gasteiger partial charge in [-0.05, 0) is 12.2 Å². The zero-order valence-electron chi connectivity index (χ0n) is 11.2. The van der Waals surface area contributed by atoms with Gasteiger partial charge in [-0.1, -0.05) is 0 Å². The summed E-state index contributed by atoms with van der Waals surface area (Å²) in [6.45, 7) is 6.31. The molecule has 0 spiro atoms. The van der Waals surface area contributed by atoms with Crippen LogP contribution in [0.25, 0.3) is 0 Å². The highest BCUT2D eigenvalue weighted by Crippen LogP contribution is 2.01. The van der Waals surface area contributed by atoms with Crippen LogP contribution in [-0.2, 0) is 18.9 Å². The zero-order chi connectivity index (χ0) is 13.8. The van der Waals surface area contributed by atoms with Crippen LogP contribution in [-0.4, -0.2) is 75.2 Å². The lowest BCUT2D eigenvalue weighted by atomic mass is 10.5. The molecule has 19 heavy (non-hydrogen) atoms. The van der Waals surface area contributed by atoms with Crippen molar-refractivity contribution in [3.05, 3.63) is 0 Å². The molecule has 3 N–H and O–H groups in total.